The number of pyridine rings is 1. The Bertz CT molecular complexity index is 1200. The second kappa shape index (κ2) is 8.12. The number of dihydropyridines is 1. The quantitative estimate of drug-likeness (QED) is 0.523. The number of nitrogens with one attached hydrogen (secondary N) is 4. The molecule has 1 aliphatic carbocycles. The molecule has 0 saturated heterocycles. The molecule has 2 aromatic rings. The normalized spacial score (nSPS) is 21.6. The van der Waals surface area contributed by atoms with E-state index >= 15 is 0 Å². The zero-order chi connectivity index (χ0) is 22.2. The van der Waals surface area contributed by atoms with Crippen molar-refractivity contribution >= 4 is 50.8 Å². The van der Waals surface area contributed by atoms with E-state index < -0.39 is 0 Å². The first kappa shape index (κ1) is 20.3. The molecule has 2 aromatic heterocycles. The summed E-state index contributed by atoms with van der Waals surface area (Å²) in [7, 11) is 0. The Balaban J connectivity index is 1.47. The molecule has 1 saturated carbocycles. The van der Waals surface area contributed by atoms with E-state index in [1.807, 2.05) is 18.2 Å². The van der Waals surface area contributed by atoms with E-state index in [1.54, 1.807) is 17.2 Å². The summed E-state index contributed by atoms with van der Waals surface area (Å²) in [6.07, 6.45) is 11.0. The average Bonchev–Trinajstić information content (AvgIpc) is 3.39. The molecular weight excluding hydrogens is 428 g/mol. The van der Waals surface area contributed by atoms with Gasteiger partial charge in [-0.25, -0.2) is 14.7 Å². The molecule has 0 radical (unpaired) electrons. The first-order valence-corrected chi connectivity index (χ1v) is 11.3. The fourth-order valence-electron chi connectivity index (χ4n) is 4.37. The summed E-state index contributed by atoms with van der Waals surface area (Å²) in [5, 5.41) is 12.7. The van der Waals surface area contributed by atoms with Crippen molar-refractivity contribution in [1.29, 1.82) is 0 Å². The molecule has 2 atom stereocenters. The van der Waals surface area contributed by atoms with Gasteiger partial charge in [0.25, 0.3) is 5.91 Å². The minimum atomic E-state index is -0.344. The van der Waals surface area contributed by atoms with Crippen LogP contribution in [0.1, 0.15) is 28.9 Å². The van der Waals surface area contributed by atoms with Crippen LogP contribution in [-0.2, 0) is 4.79 Å². The van der Waals surface area contributed by atoms with Crippen molar-refractivity contribution in [1.82, 2.24) is 20.9 Å². The van der Waals surface area contributed by atoms with E-state index in [1.165, 1.54) is 17.4 Å². The second-order valence-corrected chi connectivity index (χ2v) is 8.77. The van der Waals surface area contributed by atoms with Crippen LogP contribution in [0.15, 0.2) is 49.0 Å². The van der Waals surface area contributed by atoms with Gasteiger partial charge in [0.1, 0.15) is 15.5 Å². The molecule has 4 heterocycles. The topological polar surface area (TPSA) is 115 Å². The molecule has 2 unspecified atom stereocenters. The van der Waals surface area contributed by atoms with Crippen molar-refractivity contribution in [3.05, 3.63) is 53.8 Å². The molecule has 0 bridgehead atoms. The molecule has 4 N–H and O–H groups in total. The number of rotatable bonds is 5. The molecular formula is C22H22N6O3S. The highest BCUT2D eigenvalue weighted by molar-refractivity contribution is 7.21. The molecule has 164 valence electrons. The minimum Gasteiger partial charge on any atom is -0.368 e. The molecule has 3 aliphatic rings. The van der Waals surface area contributed by atoms with Gasteiger partial charge in [-0.2, -0.15) is 0 Å². The predicted octanol–water partition coefficient (Wildman–Crippen LogP) is 2.60. The van der Waals surface area contributed by atoms with Crippen molar-refractivity contribution in [2.24, 2.45) is 0 Å². The number of hydrogen-bond acceptors (Lipinski definition) is 6. The summed E-state index contributed by atoms with van der Waals surface area (Å²) < 4.78 is 0. The number of carbonyl (C=O) groups is 3. The third-order valence-electron chi connectivity index (χ3n) is 5.83. The van der Waals surface area contributed by atoms with Gasteiger partial charge in [-0.3, -0.25) is 9.59 Å². The zero-order valence-corrected chi connectivity index (χ0v) is 18.0. The Kier molecular flexibility index (Phi) is 5.14. The van der Waals surface area contributed by atoms with Gasteiger partial charge in [-0.05, 0) is 37.5 Å². The average molecular weight is 451 g/mol. The monoisotopic (exact) mass is 450 g/mol. The van der Waals surface area contributed by atoms with Crippen LogP contribution in [-0.4, -0.2) is 41.5 Å². The number of allylic oxidation sites excluding steroid dienone is 2. The molecule has 1 fully saturated rings. The third kappa shape index (κ3) is 3.42. The summed E-state index contributed by atoms with van der Waals surface area (Å²) in [5.74, 6) is 0.118. The van der Waals surface area contributed by atoms with E-state index in [-0.39, 0.29) is 29.9 Å². The largest absolute Gasteiger partial charge is 0.368 e. The number of aromatic nitrogens is 1. The van der Waals surface area contributed by atoms with Crippen LogP contribution in [0.4, 0.5) is 16.2 Å². The number of anilines is 2. The Morgan fingerprint density at radius 2 is 2.09 bits per heavy atom. The lowest BCUT2D eigenvalue weighted by molar-refractivity contribution is -0.117. The number of thiophene rings is 1. The van der Waals surface area contributed by atoms with Gasteiger partial charge in [0, 0.05) is 24.8 Å². The van der Waals surface area contributed by atoms with Gasteiger partial charge in [-0.15, -0.1) is 11.3 Å². The predicted molar refractivity (Wildman–Crippen MR) is 124 cm³/mol. The summed E-state index contributed by atoms with van der Waals surface area (Å²) in [6.45, 7) is 4.11. The van der Waals surface area contributed by atoms with E-state index in [0.29, 0.717) is 33.4 Å². The van der Waals surface area contributed by atoms with Gasteiger partial charge in [0.2, 0.25) is 5.91 Å². The first-order valence-electron chi connectivity index (χ1n) is 10.4. The van der Waals surface area contributed by atoms with Crippen molar-refractivity contribution in [2.75, 3.05) is 16.8 Å². The third-order valence-corrected chi connectivity index (χ3v) is 6.93. The van der Waals surface area contributed by atoms with Crippen molar-refractivity contribution in [3.63, 3.8) is 0 Å². The molecule has 10 heteroatoms. The van der Waals surface area contributed by atoms with Crippen molar-refractivity contribution in [2.45, 2.75) is 31.3 Å². The van der Waals surface area contributed by atoms with E-state index in [4.69, 9.17) is 0 Å². The first-order chi connectivity index (χ1) is 15.6. The molecule has 5 rings (SSSR count). The standard InChI is InChI=1S/C22H22N6O3S/c1-2-16(29)25-12-6-5-7-13(12)26-20(30)19-18-17-14(9-11-24-21(17)32-19)28(22(31)27-18)15-8-3-4-10-23-15/h2-4,8-9,11-13,23H,1,5-7,10H2,(H,25,29)(H,26,30)(H,27,31). The molecule has 9 nitrogen and oxygen atoms in total. The minimum absolute atomic E-state index is 0.147. The van der Waals surface area contributed by atoms with E-state index in [2.05, 4.69) is 32.8 Å². The fourth-order valence-corrected chi connectivity index (χ4v) is 5.39. The van der Waals surface area contributed by atoms with E-state index in [9.17, 15) is 14.4 Å². The molecule has 2 aliphatic heterocycles. The zero-order valence-electron chi connectivity index (χ0n) is 17.2. The second-order valence-electron chi connectivity index (χ2n) is 7.77. The lowest BCUT2D eigenvalue weighted by Gasteiger charge is -2.31. The Morgan fingerprint density at radius 3 is 2.84 bits per heavy atom. The molecule has 0 spiro atoms. The van der Waals surface area contributed by atoms with Gasteiger partial charge < -0.3 is 21.3 Å². The number of nitrogens with zero attached hydrogens (tertiary/aromatic N) is 2. The smallest absolute Gasteiger partial charge is 0.332 e. The van der Waals surface area contributed by atoms with Gasteiger partial charge in [-0.1, -0.05) is 18.7 Å². The fraction of sp³-hybridized carbons (Fsp3) is 0.273. The van der Waals surface area contributed by atoms with Crippen molar-refractivity contribution < 1.29 is 14.4 Å². The highest BCUT2D eigenvalue weighted by atomic mass is 32.1. The number of urea groups is 1. The van der Waals surface area contributed by atoms with Crippen LogP contribution in [0, 0.1) is 0 Å². The summed E-state index contributed by atoms with van der Waals surface area (Å²) in [6, 6.07) is 1.10. The maximum atomic E-state index is 13.2. The Hall–Kier alpha value is -3.66. The highest BCUT2D eigenvalue weighted by Crippen LogP contribution is 2.44. The molecule has 4 amide bonds. The van der Waals surface area contributed by atoms with Crippen molar-refractivity contribution in [3.8, 4) is 0 Å². The lowest BCUT2D eigenvalue weighted by atomic mass is 10.1. The van der Waals surface area contributed by atoms with Crippen LogP contribution in [0.5, 0.6) is 0 Å². The number of amides is 4. The maximum absolute atomic E-state index is 13.2. The van der Waals surface area contributed by atoms with Crippen LogP contribution < -0.4 is 26.2 Å². The van der Waals surface area contributed by atoms with Gasteiger partial charge in [0.05, 0.1) is 16.8 Å². The number of carbonyl (C=O) groups excluding carboxylic acids is 3. The van der Waals surface area contributed by atoms with Crippen LogP contribution >= 0.6 is 11.3 Å². The highest BCUT2D eigenvalue weighted by Gasteiger charge is 2.35. The SMILES string of the molecule is C=CC(=O)NC1CCCC1NC(=O)c1sc2nccc3c2c1NC(=O)N3C1=CC=CCN1. The summed E-state index contributed by atoms with van der Waals surface area (Å²) in [4.78, 5) is 45.0. The molecule has 0 aromatic carbocycles. The summed E-state index contributed by atoms with van der Waals surface area (Å²) >= 11 is 1.24. The van der Waals surface area contributed by atoms with Gasteiger partial charge in [0.15, 0.2) is 0 Å². The van der Waals surface area contributed by atoms with Crippen LogP contribution in [0.25, 0.3) is 10.2 Å². The molecule has 32 heavy (non-hydrogen) atoms. The van der Waals surface area contributed by atoms with Crippen LogP contribution in [0.2, 0.25) is 0 Å². The summed E-state index contributed by atoms with van der Waals surface area (Å²) in [5.41, 5.74) is 1.15. The van der Waals surface area contributed by atoms with E-state index in [0.717, 1.165) is 24.6 Å². The van der Waals surface area contributed by atoms with Gasteiger partial charge >= 0.3 is 6.03 Å². The Labute approximate surface area is 188 Å². The van der Waals surface area contributed by atoms with Crippen LogP contribution in [0.3, 0.4) is 0 Å². The Morgan fingerprint density at radius 1 is 1.28 bits per heavy atom. The number of hydrogen-bond donors (Lipinski definition) is 4. The maximum Gasteiger partial charge on any atom is 0.332 e. The lowest BCUT2D eigenvalue weighted by Crippen LogP contribution is -2.48.